The zero-order chi connectivity index (χ0) is 14.8. The summed E-state index contributed by atoms with van der Waals surface area (Å²) in [6.07, 6.45) is 4.71. The molecule has 1 aromatic carbocycles. The van der Waals surface area contributed by atoms with Crippen molar-refractivity contribution in [1.29, 1.82) is 0 Å². The first-order chi connectivity index (χ1) is 10.2. The Bertz CT molecular complexity index is 633. The van der Waals surface area contributed by atoms with Gasteiger partial charge in [0.2, 0.25) is 0 Å². The predicted octanol–water partition coefficient (Wildman–Crippen LogP) is 2.92. The molecule has 1 unspecified atom stereocenters. The largest absolute Gasteiger partial charge is 0.493 e. The molecule has 0 radical (unpaired) electrons. The lowest BCUT2D eigenvalue weighted by Gasteiger charge is -2.20. The molecule has 1 aliphatic carbocycles. The van der Waals surface area contributed by atoms with Crippen LogP contribution in [0, 0.1) is 0 Å². The Balaban J connectivity index is 1.87. The molecule has 21 heavy (non-hydrogen) atoms. The fourth-order valence-electron chi connectivity index (χ4n) is 3.06. The zero-order valence-corrected chi connectivity index (χ0v) is 12.5. The molecule has 0 fully saturated rings. The summed E-state index contributed by atoms with van der Waals surface area (Å²) in [5, 5.41) is 10.0. The van der Waals surface area contributed by atoms with E-state index in [0.29, 0.717) is 0 Å². The Morgan fingerprint density at radius 1 is 1.19 bits per heavy atom. The number of nitrogens with zero attached hydrogens (tertiary/aromatic N) is 1. The first-order valence-corrected chi connectivity index (χ1v) is 7.30. The molecule has 2 aromatic rings. The van der Waals surface area contributed by atoms with E-state index in [1.165, 1.54) is 5.69 Å². The van der Waals surface area contributed by atoms with Gasteiger partial charge in [-0.2, -0.15) is 0 Å². The van der Waals surface area contributed by atoms with Gasteiger partial charge < -0.3 is 19.1 Å². The van der Waals surface area contributed by atoms with E-state index in [0.717, 1.165) is 48.4 Å². The highest BCUT2D eigenvalue weighted by molar-refractivity contribution is 5.43. The maximum absolute atomic E-state index is 10.0. The zero-order valence-electron chi connectivity index (χ0n) is 12.5. The molecule has 0 aliphatic heterocycles. The molecule has 0 saturated heterocycles. The normalized spacial score (nSPS) is 17.4. The number of hydrogen-bond acceptors (Lipinski definition) is 3. The molecule has 3 rings (SSSR count). The first kappa shape index (κ1) is 14.0. The van der Waals surface area contributed by atoms with E-state index in [1.807, 2.05) is 24.3 Å². The number of aliphatic hydroxyl groups excluding tert-OH is 1. The summed E-state index contributed by atoms with van der Waals surface area (Å²) in [4.78, 5) is 0. The van der Waals surface area contributed by atoms with Gasteiger partial charge in [-0.3, -0.25) is 0 Å². The van der Waals surface area contributed by atoms with Crippen LogP contribution in [-0.2, 0) is 13.0 Å². The summed E-state index contributed by atoms with van der Waals surface area (Å²) < 4.78 is 12.8. The molecule has 1 aliphatic rings. The molecule has 1 N–H and O–H groups in total. The molecule has 0 amide bonds. The Kier molecular flexibility index (Phi) is 3.88. The number of methoxy groups -OCH3 is 2. The first-order valence-electron chi connectivity index (χ1n) is 7.30. The molecule has 0 saturated carbocycles. The number of ether oxygens (including phenoxy) is 2. The highest BCUT2D eigenvalue weighted by atomic mass is 16.5. The molecule has 4 nitrogen and oxygen atoms in total. The average Bonchev–Trinajstić information content (AvgIpc) is 2.92. The SMILES string of the molecule is COc1ccc(Cn2ccc3c2CCCC3O)cc1OC. The van der Waals surface area contributed by atoms with Crippen molar-refractivity contribution in [3.05, 3.63) is 47.3 Å². The second-order valence-corrected chi connectivity index (χ2v) is 5.44. The van der Waals surface area contributed by atoms with Gasteiger partial charge in [0.05, 0.1) is 20.3 Å². The van der Waals surface area contributed by atoms with E-state index in [-0.39, 0.29) is 6.10 Å². The van der Waals surface area contributed by atoms with Crippen molar-refractivity contribution in [2.24, 2.45) is 0 Å². The minimum Gasteiger partial charge on any atom is -0.493 e. The van der Waals surface area contributed by atoms with Gasteiger partial charge in [-0.05, 0) is 43.0 Å². The van der Waals surface area contributed by atoms with Gasteiger partial charge in [-0.15, -0.1) is 0 Å². The van der Waals surface area contributed by atoms with Crippen molar-refractivity contribution in [3.63, 3.8) is 0 Å². The smallest absolute Gasteiger partial charge is 0.161 e. The van der Waals surface area contributed by atoms with Crippen LogP contribution in [0.15, 0.2) is 30.5 Å². The standard InChI is InChI=1S/C17H21NO3/c1-20-16-7-6-12(10-17(16)21-2)11-18-9-8-13-14(18)4-3-5-15(13)19/h6-10,15,19H,3-5,11H2,1-2H3. The van der Waals surface area contributed by atoms with E-state index in [9.17, 15) is 5.11 Å². The quantitative estimate of drug-likeness (QED) is 0.940. The van der Waals surface area contributed by atoms with Crippen molar-refractivity contribution >= 4 is 0 Å². The molecular formula is C17H21NO3. The second-order valence-electron chi connectivity index (χ2n) is 5.44. The van der Waals surface area contributed by atoms with Crippen LogP contribution in [0.2, 0.25) is 0 Å². The maximum Gasteiger partial charge on any atom is 0.161 e. The van der Waals surface area contributed by atoms with Crippen LogP contribution >= 0.6 is 0 Å². The molecule has 1 atom stereocenters. The van der Waals surface area contributed by atoms with Gasteiger partial charge in [-0.1, -0.05) is 6.07 Å². The summed E-state index contributed by atoms with van der Waals surface area (Å²) in [5.41, 5.74) is 3.50. The van der Waals surface area contributed by atoms with Gasteiger partial charge in [0.25, 0.3) is 0 Å². The van der Waals surface area contributed by atoms with Crippen LogP contribution in [0.1, 0.15) is 35.8 Å². The summed E-state index contributed by atoms with van der Waals surface area (Å²) in [7, 11) is 3.29. The van der Waals surface area contributed by atoms with E-state index in [2.05, 4.69) is 10.8 Å². The number of rotatable bonds is 4. The van der Waals surface area contributed by atoms with Gasteiger partial charge in [0.15, 0.2) is 11.5 Å². The molecule has 1 aromatic heterocycles. The van der Waals surface area contributed by atoms with Crippen LogP contribution < -0.4 is 9.47 Å². The number of aliphatic hydroxyl groups is 1. The van der Waals surface area contributed by atoms with Gasteiger partial charge in [0, 0.05) is 24.0 Å². The van der Waals surface area contributed by atoms with Crippen LogP contribution in [0.5, 0.6) is 11.5 Å². The fraction of sp³-hybridized carbons (Fsp3) is 0.412. The third-order valence-corrected chi connectivity index (χ3v) is 4.16. The lowest BCUT2D eigenvalue weighted by molar-refractivity contribution is 0.156. The molecule has 4 heteroatoms. The minimum atomic E-state index is -0.305. The number of fused-ring (bicyclic) bond motifs is 1. The minimum absolute atomic E-state index is 0.305. The molecule has 1 heterocycles. The van der Waals surface area contributed by atoms with Gasteiger partial charge in [0.1, 0.15) is 0 Å². The van der Waals surface area contributed by atoms with Crippen molar-refractivity contribution in [1.82, 2.24) is 4.57 Å². The summed E-state index contributed by atoms with van der Waals surface area (Å²) >= 11 is 0. The van der Waals surface area contributed by atoms with Crippen LogP contribution in [0.3, 0.4) is 0 Å². The van der Waals surface area contributed by atoms with Gasteiger partial charge >= 0.3 is 0 Å². The number of hydrogen-bond donors (Lipinski definition) is 1. The lowest BCUT2D eigenvalue weighted by atomic mass is 9.95. The van der Waals surface area contributed by atoms with Crippen molar-refractivity contribution in [2.75, 3.05) is 14.2 Å². The average molecular weight is 287 g/mol. The monoisotopic (exact) mass is 287 g/mol. The van der Waals surface area contributed by atoms with Crippen LogP contribution in [0.25, 0.3) is 0 Å². The molecule has 112 valence electrons. The molecule has 0 bridgehead atoms. The van der Waals surface area contributed by atoms with E-state index in [1.54, 1.807) is 14.2 Å². The maximum atomic E-state index is 10.0. The Morgan fingerprint density at radius 2 is 2.00 bits per heavy atom. The predicted molar refractivity (Wildman–Crippen MR) is 81.0 cm³/mol. The number of aromatic nitrogens is 1. The Hall–Kier alpha value is -1.94. The molecule has 0 spiro atoms. The summed E-state index contributed by atoms with van der Waals surface area (Å²) in [6.45, 7) is 0.780. The highest BCUT2D eigenvalue weighted by Gasteiger charge is 2.21. The topological polar surface area (TPSA) is 43.6 Å². The van der Waals surface area contributed by atoms with E-state index < -0.39 is 0 Å². The third kappa shape index (κ3) is 2.63. The van der Waals surface area contributed by atoms with Gasteiger partial charge in [-0.25, -0.2) is 0 Å². The number of benzene rings is 1. The molecular weight excluding hydrogens is 266 g/mol. The lowest BCUT2D eigenvalue weighted by Crippen LogP contribution is -2.12. The van der Waals surface area contributed by atoms with Crippen LogP contribution in [0.4, 0.5) is 0 Å². The van der Waals surface area contributed by atoms with E-state index in [4.69, 9.17) is 9.47 Å². The van der Waals surface area contributed by atoms with E-state index >= 15 is 0 Å². The fourth-order valence-corrected chi connectivity index (χ4v) is 3.06. The Morgan fingerprint density at radius 3 is 2.76 bits per heavy atom. The van der Waals surface area contributed by atoms with Crippen molar-refractivity contribution in [2.45, 2.75) is 31.9 Å². The van der Waals surface area contributed by atoms with Crippen molar-refractivity contribution < 1.29 is 14.6 Å². The second kappa shape index (κ2) is 5.82. The van der Waals surface area contributed by atoms with Crippen molar-refractivity contribution in [3.8, 4) is 11.5 Å². The highest BCUT2D eigenvalue weighted by Crippen LogP contribution is 2.32. The third-order valence-electron chi connectivity index (χ3n) is 4.16. The van der Waals surface area contributed by atoms with Crippen LogP contribution in [-0.4, -0.2) is 23.9 Å². The Labute approximate surface area is 124 Å². The summed E-state index contributed by atoms with van der Waals surface area (Å²) in [6, 6.07) is 8.02. The summed E-state index contributed by atoms with van der Waals surface area (Å²) in [5.74, 6) is 1.49.